The number of para-hydroxylation sites is 1. The number of carboxylic acid groups (broad SMARTS) is 1. The first-order valence-corrected chi connectivity index (χ1v) is 5.88. The number of nitro benzene ring substituents is 1. The highest BCUT2D eigenvalue weighted by atomic mass is 16.6. The van der Waals surface area contributed by atoms with Crippen LogP contribution in [0.15, 0.2) is 18.2 Å². The lowest BCUT2D eigenvalue weighted by Gasteiger charge is -2.13. The molecule has 0 aliphatic carbocycles. The van der Waals surface area contributed by atoms with Gasteiger partial charge in [-0.2, -0.15) is 0 Å². The van der Waals surface area contributed by atoms with E-state index in [1.807, 2.05) is 0 Å². The lowest BCUT2D eigenvalue weighted by atomic mass is 10.1. The van der Waals surface area contributed by atoms with Crippen LogP contribution in [0.4, 0.5) is 11.4 Å². The van der Waals surface area contributed by atoms with Crippen LogP contribution in [0.2, 0.25) is 0 Å². The second kappa shape index (κ2) is 6.50. The second-order valence-corrected chi connectivity index (χ2v) is 4.30. The minimum absolute atomic E-state index is 0.00127. The fourth-order valence-electron chi connectivity index (χ4n) is 1.62. The average molecular weight is 281 g/mol. The van der Waals surface area contributed by atoms with Gasteiger partial charge in [0, 0.05) is 18.5 Å². The number of nitrogens with two attached hydrogens (primary N) is 1. The van der Waals surface area contributed by atoms with Crippen molar-refractivity contribution >= 4 is 23.3 Å². The zero-order valence-corrected chi connectivity index (χ0v) is 10.8. The fraction of sp³-hybridized carbons (Fsp3) is 0.333. The number of benzene rings is 1. The van der Waals surface area contributed by atoms with Crippen LogP contribution < -0.4 is 11.1 Å². The summed E-state index contributed by atoms with van der Waals surface area (Å²) in [7, 11) is 0. The number of aliphatic carboxylic acids is 1. The SMILES string of the molecule is CC(CCC(=O)O)NC(=O)c1cccc([N+](=O)[O-])c1N. The number of carboxylic acids is 1. The summed E-state index contributed by atoms with van der Waals surface area (Å²) in [4.78, 5) is 32.4. The van der Waals surface area contributed by atoms with Crippen LogP contribution in [-0.2, 0) is 4.79 Å². The maximum Gasteiger partial charge on any atom is 0.303 e. The maximum absolute atomic E-state index is 11.9. The van der Waals surface area contributed by atoms with E-state index in [0.29, 0.717) is 0 Å². The van der Waals surface area contributed by atoms with Gasteiger partial charge in [0.25, 0.3) is 11.6 Å². The van der Waals surface area contributed by atoms with E-state index in [-0.39, 0.29) is 35.8 Å². The van der Waals surface area contributed by atoms with E-state index in [2.05, 4.69) is 5.32 Å². The number of nitro groups is 1. The van der Waals surface area contributed by atoms with Gasteiger partial charge in [-0.1, -0.05) is 6.07 Å². The van der Waals surface area contributed by atoms with Gasteiger partial charge in [0.1, 0.15) is 5.69 Å². The fourth-order valence-corrected chi connectivity index (χ4v) is 1.62. The molecule has 1 amide bonds. The first-order valence-electron chi connectivity index (χ1n) is 5.88. The number of nitrogens with one attached hydrogen (secondary N) is 1. The van der Waals surface area contributed by atoms with Gasteiger partial charge in [-0.05, 0) is 19.4 Å². The Balaban J connectivity index is 2.80. The third-order valence-electron chi connectivity index (χ3n) is 2.69. The summed E-state index contributed by atoms with van der Waals surface area (Å²) in [6.07, 6.45) is 0.182. The molecule has 8 heteroatoms. The molecule has 8 nitrogen and oxygen atoms in total. The van der Waals surface area contributed by atoms with Gasteiger partial charge in [0.2, 0.25) is 0 Å². The minimum Gasteiger partial charge on any atom is -0.481 e. The van der Waals surface area contributed by atoms with Gasteiger partial charge in [-0.15, -0.1) is 0 Å². The van der Waals surface area contributed by atoms with Crippen molar-refractivity contribution in [2.75, 3.05) is 5.73 Å². The van der Waals surface area contributed by atoms with Crippen LogP contribution in [0.25, 0.3) is 0 Å². The number of nitrogens with zero attached hydrogens (tertiary/aromatic N) is 1. The number of nitrogen functional groups attached to an aromatic ring is 1. The molecule has 1 unspecified atom stereocenters. The highest BCUT2D eigenvalue weighted by Crippen LogP contribution is 2.24. The molecule has 0 saturated heterocycles. The van der Waals surface area contributed by atoms with E-state index in [1.165, 1.54) is 18.2 Å². The predicted octanol–water partition coefficient (Wildman–Crippen LogP) is 1.16. The lowest BCUT2D eigenvalue weighted by molar-refractivity contribution is -0.383. The van der Waals surface area contributed by atoms with E-state index in [0.717, 1.165) is 0 Å². The molecule has 0 aliphatic rings. The standard InChI is InChI=1S/C12H15N3O5/c1-7(5-6-10(16)17)14-12(18)8-3-2-4-9(11(8)13)15(19)20/h2-4,7H,5-6,13H2,1H3,(H,14,18)(H,16,17). The van der Waals surface area contributed by atoms with Gasteiger partial charge >= 0.3 is 5.97 Å². The van der Waals surface area contributed by atoms with Crippen molar-refractivity contribution in [1.29, 1.82) is 0 Å². The van der Waals surface area contributed by atoms with Crippen LogP contribution in [0.1, 0.15) is 30.1 Å². The molecule has 1 aromatic rings. The van der Waals surface area contributed by atoms with Gasteiger partial charge in [-0.25, -0.2) is 0 Å². The molecule has 4 N–H and O–H groups in total. The summed E-state index contributed by atoms with van der Waals surface area (Å²) in [5, 5.41) is 21.8. The van der Waals surface area contributed by atoms with Crippen molar-refractivity contribution in [2.24, 2.45) is 0 Å². The summed E-state index contributed by atoms with van der Waals surface area (Å²) in [6, 6.07) is 3.57. The molecule has 1 aromatic carbocycles. The first-order chi connectivity index (χ1) is 9.32. The zero-order chi connectivity index (χ0) is 15.3. The van der Waals surface area contributed by atoms with Crippen molar-refractivity contribution in [3.63, 3.8) is 0 Å². The monoisotopic (exact) mass is 281 g/mol. The third kappa shape index (κ3) is 3.94. The van der Waals surface area contributed by atoms with E-state index in [9.17, 15) is 19.7 Å². The first kappa shape index (κ1) is 15.4. The van der Waals surface area contributed by atoms with Crippen LogP contribution in [-0.4, -0.2) is 27.9 Å². The van der Waals surface area contributed by atoms with E-state index in [4.69, 9.17) is 10.8 Å². The molecule has 0 heterocycles. The maximum atomic E-state index is 11.9. The molecule has 0 aliphatic heterocycles. The lowest BCUT2D eigenvalue weighted by Crippen LogP contribution is -2.33. The Morgan fingerprint density at radius 1 is 1.50 bits per heavy atom. The van der Waals surface area contributed by atoms with Gasteiger partial charge in [0.05, 0.1) is 10.5 Å². The summed E-state index contributed by atoms with van der Waals surface area (Å²) >= 11 is 0. The average Bonchev–Trinajstić information content (AvgIpc) is 2.36. The molecular formula is C12H15N3O5. The Bertz CT molecular complexity index is 544. The summed E-state index contributed by atoms with van der Waals surface area (Å²) in [6.45, 7) is 1.65. The van der Waals surface area contributed by atoms with Crippen LogP contribution in [0, 0.1) is 10.1 Å². The summed E-state index contributed by atoms with van der Waals surface area (Å²) < 4.78 is 0. The molecule has 1 rings (SSSR count). The number of anilines is 1. The largest absolute Gasteiger partial charge is 0.481 e. The highest BCUT2D eigenvalue weighted by Gasteiger charge is 2.20. The van der Waals surface area contributed by atoms with Crippen LogP contribution >= 0.6 is 0 Å². The molecular weight excluding hydrogens is 266 g/mol. The van der Waals surface area contributed by atoms with E-state index in [1.54, 1.807) is 6.92 Å². The number of amides is 1. The molecule has 0 aromatic heterocycles. The molecule has 0 saturated carbocycles. The van der Waals surface area contributed by atoms with Crippen LogP contribution in [0.3, 0.4) is 0 Å². The zero-order valence-electron chi connectivity index (χ0n) is 10.8. The Labute approximate surface area is 114 Å². The van der Waals surface area contributed by atoms with Crippen molar-refractivity contribution < 1.29 is 19.6 Å². The molecule has 0 spiro atoms. The Hall–Kier alpha value is -2.64. The topological polar surface area (TPSA) is 136 Å². The Morgan fingerprint density at radius 2 is 2.15 bits per heavy atom. The minimum atomic E-state index is -0.957. The summed E-state index contributed by atoms with van der Waals surface area (Å²) in [5.74, 6) is -1.52. The number of carbonyl (C=O) groups is 2. The second-order valence-electron chi connectivity index (χ2n) is 4.30. The number of carbonyl (C=O) groups excluding carboxylic acids is 1. The van der Waals surface area contributed by atoms with Crippen molar-refractivity contribution in [3.8, 4) is 0 Å². The predicted molar refractivity (Wildman–Crippen MR) is 71.3 cm³/mol. The number of hydrogen-bond acceptors (Lipinski definition) is 5. The smallest absolute Gasteiger partial charge is 0.303 e. The van der Waals surface area contributed by atoms with Gasteiger partial charge < -0.3 is 16.2 Å². The molecule has 0 radical (unpaired) electrons. The van der Waals surface area contributed by atoms with E-state index < -0.39 is 16.8 Å². The molecule has 1 atom stereocenters. The highest BCUT2D eigenvalue weighted by molar-refractivity contribution is 6.01. The quantitative estimate of drug-likeness (QED) is 0.406. The molecule has 108 valence electrons. The summed E-state index contributed by atoms with van der Waals surface area (Å²) in [5.41, 5.74) is 5.04. The van der Waals surface area contributed by atoms with Crippen molar-refractivity contribution in [1.82, 2.24) is 5.32 Å². The Kier molecular flexibility index (Phi) is 5.01. The molecule has 0 bridgehead atoms. The molecule has 0 fully saturated rings. The van der Waals surface area contributed by atoms with E-state index >= 15 is 0 Å². The molecule has 20 heavy (non-hydrogen) atoms. The normalized spacial score (nSPS) is 11.7. The van der Waals surface area contributed by atoms with Crippen molar-refractivity contribution in [3.05, 3.63) is 33.9 Å². The van der Waals surface area contributed by atoms with Crippen LogP contribution in [0.5, 0.6) is 0 Å². The van der Waals surface area contributed by atoms with Gasteiger partial charge in [-0.3, -0.25) is 19.7 Å². The number of rotatable bonds is 6. The third-order valence-corrected chi connectivity index (χ3v) is 2.69. The van der Waals surface area contributed by atoms with Gasteiger partial charge in [0.15, 0.2) is 0 Å². The Morgan fingerprint density at radius 3 is 2.70 bits per heavy atom. The van der Waals surface area contributed by atoms with Crippen molar-refractivity contribution in [2.45, 2.75) is 25.8 Å². The number of hydrogen-bond donors (Lipinski definition) is 3.